The van der Waals surface area contributed by atoms with E-state index in [1.165, 1.54) is 0 Å². The molecule has 27 heteroatoms. The molecule has 104 heavy (non-hydrogen) atoms. The number of nitrogens with zero attached hydrogens (tertiary/aromatic N) is 8. The molecular formula is C77H79N13O14. The fourth-order valence-electron chi connectivity index (χ4n) is 10.1. The molecular weight excluding hydrogens is 1330 g/mol. The summed E-state index contributed by atoms with van der Waals surface area (Å²) in [5.41, 5.74) is 6.65. The Balaban J connectivity index is 0.000000140. The molecule has 5 aromatic carbocycles. The van der Waals surface area contributed by atoms with Gasteiger partial charge in [-0.05, 0) is 37.2 Å². The third-order valence-corrected chi connectivity index (χ3v) is 15.6. The van der Waals surface area contributed by atoms with E-state index < -0.39 is 0 Å². The lowest BCUT2D eigenvalue weighted by molar-refractivity contribution is 0.0374. The summed E-state index contributed by atoms with van der Waals surface area (Å²) in [6, 6.07) is 65.0. The molecule has 2 fully saturated rings. The van der Waals surface area contributed by atoms with E-state index in [0.29, 0.717) is 85.3 Å². The van der Waals surface area contributed by atoms with Gasteiger partial charge >= 0.3 is 0 Å². The van der Waals surface area contributed by atoms with Gasteiger partial charge in [-0.15, -0.1) is 0 Å². The van der Waals surface area contributed by atoms with Gasteiger partial charge in [-0.3, -0.25) is 38.8 Å². The number of pyridine rings is 1. The summed E-state index contributed by atoms with van der Waals surface area (Å²) in [6.45, 7) is 11.5. The Bertz CT molecular complexity index is 4470. The van der Waals surface area contributed by atoms with Gasteiger partial charge in [0.1, 0.15) is 5.76 Å². The van der Waals surface area contributed by atoms with Crippen LogP contribution >= 0.6 is 0 Å². The SMILES string of the molecule is COCCNC(=O)c1cc(-c2ccccc2)on1.O=C(NCCCN1CCOCC1)c1cc(-c2ccccc2)on1.O=C(NCCN1CCOCC1)c1cc(-c2ccccc2)on1.O=C(NCc1ccccn1)c1cc(-c2ccccc2)on1.O=C(NCc1ccco1)c1cc(-c2ccccc2)on1. The fraction of sp³-hybridized carbons (Fsp3) is 0.234. The number of rotatable bonds is 24. The normalized spacial score (nSPS) is 12.6. The lowest BCUT2D eigenvalue weighted by atomic mass is 10.1. The minimum atomic E-state index is -0.299. The number of ether oxygens (including phenoxy) is 3. The lowest BCUT2D eigenvalue weighted by Crippen LogP contribution is -2.41. The summed E-state index contributed by atoms with van der Waals surface area (Å²) in [7, 11) is 1.58. The second-order valence-electron chi connectivity index (χ2n) is 23.0. The molecule has 12 aromatic rings. The van der Waals surface area contributed by atoms with Crippen molar-refractivity contribution in [3.63, 3.8) is 0 Å². The van der Waals surface area contributed by atoms with Crippen molar-refractivity contribution in [2.45, 2.75) is 19.5 Å². The number of carbonyl (C=O) groups excluding carboxylic acids is 5. The maximum absolute atomic E-state index is 12.1. The van der Waals surface area contributed by atoms with Crippen LogP contribution in [-0.4, -0.2) is 169 Å². The second kappa shape index (κ2) is 40.8. The zero-order valence-electron chi connectivity index (χ0n) is 57.2. The van der Waals surface area contributed by atoms with Crippen LogP contribution in [0.25, 0.3) is 56.6 Å². The first kappa shape index (κ1) is 74.4. The van der Waals surface area contributed by atoms with Gasteiger partial charge in [-0.1, -0.05) is 184 Å². The molecule has 0 aliphatic carbocycles. The van der Waals surface area contributed by atoms with Gasteiger partial charge in [-0.2, -0.15) is 0 Å². The Labute approximate surface area is 599 Å². The highest BCUT2D eigenvalue weighted by atomic mass is 16.5. The Kier molecular flexibility index (Phi) is 29.2. The van der Waals surface area contributed by atoms with Gasteiger partial charge in [0.15, 0.2) is 57.3 Å². The van der Waals surface area contributed by atoms with Crippen LogP contribution < -0.4 is 26.6 Å². The van der Waals surface area contributed by atoms with Gasteiger partial charge < -0.3 is 67.8 Å². The number of nitrogens with one attached hydrogen (secondary N) is 5. The molecule has 27 nitrogen and oxygen atoms in total. The van der Waals surface area contributed by atoms with Crippen molar-refractivity contribution < 1.29 is 65.2 Å². The van der Waals surface area contributed by atoms with E-state index >= 15 is 0 Å². The third kappa shape index (κ3) is 24.0. The molecule has 0 bridgehead atoms. The van der Waals surface area contributed by atoms with Crippen LogP contribution in [0.2, 0.25) is 0 Å². The molecule has 0 saturated carbocycles. The largest absolute Gasteiger partial charge is 0.467 e. The van der Waals surface area contributed by atoms with Crippen LogP contribution in [0.15, 0.2) is 252 Å². The number of amides is 5. The molecule has 536 valence electrons. The van der Waals surface area contributed by atoms with Crippen molar-refractivity contribution in [2.24, 2.45) is 0 Å². The van der Waals surface area contributed by atoms with Gasteiger partial charge in [0.05, 0.1) is 58.1 Å². The summed E-state index contributed by atoms with van der Waals surface area (Å²) < 4.78 is 46.6. The molecule has 14 rings (SSSR count). The molecule has 9 heterocycles. The molecule has 0 unspecified atom stereocenters. The first-order valence-electron chi connectivity index (χ1n) is 33.7. The van der Waals surface area contributed by atoms with Gasteiger partial charge in [0.2, 0.25) is 0 Å². The van der Waals surface area contributed by atoms with E-state index in [9.17, 15) is 24.0 Å². The standard InChI is InChI=1S/C17H21N3O3.C16H19N3O3.C16H13N3O2.C15H12N2O3.C13H14N2O3/c21-17(18-7-4-8-20-9-11-22-12-10-20)15-13-16(23-19-15)14-5-2-1-3-6-14;20-16(17-6-7-19-8-10-21-11-9-19)14-12-15(22-18-14)13-4-2-1-3-5-13;20-16(18-11-13-8-4-5-9-17-13)14-10-15(21-19-14)12-6-2-1-3-7-12;18-15(16-10-12-7-4-8-19-12)13-9-14(20-17-13)11-5-2-1-3-6-11;1-17-8-7-14-13(16)11-9-12(18-15-11)10-5-3-2-4-6-10/h1-3,5-6,13H,4,7-12H2,(H,18,21);1-5,12H,6-11H2,(H,17,20);1-10H,11H2,(H,18,20);1-9H,10H2,(H,16,18);2-6,9H,7-8H2,1H3,(H,14,16). The van der Waals surface area contributed by atoms with E-state index in [-0.39, 0.29) is 46.6 Å². The van der Waals surface area contributed by atoms with Crippen LogP contribution in [0.3, 0.4) is 0 Å². The van der Waals surface area contributed by atoms with Crippen molar-refractivity contribution in [1.29, 1.82) is 0 Å². The minimum Gasteiger partial charge on any atom is -0.467 e. The highest BCUT2D eigenvalue weighted by Crippen LogP contribution is 2.24. The molecule has 7 aromatic heterocycles. The maximum Gasteiger partial charge on any atom is 0.273 e. The first-order chi connectivity index (χ1) is 51.1. The van der Waals surface area contributed by atoms with E-state index in [4.69, 9.17) is 41.2 Å². The highest BCUT2D eigenvalue weighted by molar-refractivity contribution is 5.95. The summed E-state index contributed by atoms with van der Waals surface area (Å²) >= 11 is 0. The van der Waals surface area contributed by atoms with E-state index in [1.807, 2.05) is 170 Å². The average Bonchev–Trinajstić information content (AvgIpc) is 1.75. The summed E-state index contributed by atoms with van der Waals surface area (Å²) in [6.07, 6.45) is 4.16. The summed E-state index contributed by atoms with van der Waals surface area (Å²) in [5, 5.41) is 32.9. The summed E-state index contributed by atoms with van der Waals surface area (Å²) in [4.78, 5) is 68.5. The molecule has 5 amide bonds. The van der Waals surface area contributed by atoms with Crippen molar-refractivity contribution >= 4 is 29.5 Å². The molecule has 0 spiro atoms. The number of hydrogen-bond acceptors (Lipinski definition) is 22. The minimum absolute atomic E-state index is 0.196. The molecule has 2 aliphatic heterocycles. The smallest absolute Gasteiger partial charge is 0.273 e. The average molecular weight is 1410 g/mol. The van der Waals surface area contributed by atoms with Crippen molar-refractivity contribution in [2.75, 3.05) is 99.0 Å². The number of morpholine rings is 2. The van der Waals surface area contributed by atoms with Crippen LogP contribution in [0.1, 0.15) is 70.3 Å². The van der Waals surface area contributed by atoms with Gasteiger partial charge in [0.25, 0.3) is 29.5 Å². The monoisotopic (exact) mass is 1410 g/mol. The number of hydrogen-bond donors (Lipinski definition) is 5. The Morgan fingerprint density at radius 1 is 0.385 bits per heavy atom. The Morgan fingerprint density at radius 3 is 1.09 bits per heavy atom. The quantitative estimate of drug-likeness (QED) is 0.0351. The lowest BCUT2D eigenvalue weighted by Gasteiger charge is -2.26. The number of aromatic nitrogens is 6. The third-order valence-electron chi connectivity index (χ3n) is 15.6. The molecule has 5 N–H and O–H groups in total. The van der Waals surface area contributed by atoms with Crippen LogP contribution in [0.5, 0.6) is 0 Å². The number of benzene rings is 5. The van der Waals surface area contributed by atoms with Crippen molar-refractivity contribution in [3.8, 4) is 56.6 Å². The molecule has 0 radical (unpaired) electrons. The molecule has 2 saturated heterocycles. The Morgan fingerprint density at radius 2 is 0.731 bits per heavy atom. The highest BCUT2D eigenvalue weighted by Gasteiger charge is 2.20. The number of methoxy groups -OCH3 is 1. The second-order valence-corrected chi connectivity index (χ2v) is 23.0. The van der Waals surface area contributed by atoms with E-state index in [2.05, 4.69) is 67.2 Å². The van der Waals surface area contributed by atoms with E-state index in [1.54, 1.807) is 62.0 Å². The Hall–Kier alpha value is -12.3. The number of carbonyl (C=O) groups is 5. The predicted molar refractivity (Wildman–Crippen MR) is 383 cm³/mol. The topological polar surface area (TPSA) is 336 Å². The molecule has 0 atom stereocenters. The van der Waals surface area contributed by atoms with Crippen LogP contribution in [0.4, 0.5) is 0 Å². The van der Waals surface area contributed by atoms with Crippen LogP contribution in [-0.2, 0) is 27.3 Å². The molecule has 2 aliphatic rings. The van der Waals surface area contributed by atoms with Crippen molar-refractivity contribution in [1.82, 2.24) is 67.2 Å². The maximum atomic E-state index is 12.1. The first-order valence-corrected chi connectivity index (χ1v) is 33.7. The zero-order chi connectivity index (χ0) is 72.2. The van der Waals surface area contributed by atoms with Gasteiger partial charge in [0, 0.05) is 124 Å². The van der Waals surface area contributed by atoms with Gasteiger partial charge in [-0.25, -0.2) is 0 Å². The fourth-order valence-corrected chi connectivity index (χ4v) is 10.1. The predicted octanol–water partition coefficient (Wildman–Crippen LogP) is 10.4. The number of furan rings is 1. The van der Waals surface area contributed by atoms with Crippen molar-refractivity contribution in [3.05, 3.63) is 265 Å². The zero-order valence-corrected chi connectivity index (χ0v) is 57.2. The van der Waals surface area contributed by atoms with E-state index in [0.717, 1.165) is 106 Å². The summed E-state index contributed by atoms with van der Waals surface area (Å²) in [5.74, 6) is 2.34. The van der Waals surface area contributed by atoms with Crippen LogP contribution in [0, 0.1) is 0 Å².